The first-order chi connectivity index (χ1) is 12.4. The van der Waals surface area contributed by atoms with Gasteiger partial charge in [0.15, 0.2) is 6.61 Å². The maximum Gasteiger partial charge on any atom is 0.340 e. The van der Waals surface area contributed by atoms with Gasteiger partial charge in [0.25, 0.3) is 0 Å². The smallest absolute Gasteiger partial charge is 0.340 e. The number of esters is 1. The van der Waals surface area contributed by atoms with Gasteiger partial charge in [0, 0.05) is 11.5 Å². The zero-order valence-corrected chi connectivity index (χ0v) is 14.2. The summed E-state index contributed by atoms with van der Waals surface area (Å²) >= 11 is 0. The Morgan fingerprint density at radius 2 is 1.81 bits per heavy atom. The van der Waals surface area contributed by atoms with Crippen molar-refractivity contribution in [2.24, 2.45) is 0 Å². The van der Waals surface area contributed by atoms with E-state index in [-0.39, 0.29) is 11.1 Å². The van der Waals surface area contributed by atoms with Crippen molar-refractivity contribution in [2.45, 2.75) is 13.8 Å². The van der Waals surface area contributed by atoms with Crippen LogP contribution < -0.4 is 0 Å². The monoisotopic (exact) mass is 355 g/mol. The summed E-state index contributed by atoms with van der Waals surface area (Å²) in [5.74, 6) is -3.25. The molecular weight excluding hydrogens is 340 g/mol. The highest BCUT2D eigenvalue weighted by molar-refractivity contribution is 6.01. The lowest BCUT2D eigenvalue weighted by molar-refractivity contribution is 0.0471. The summed E-state index contributed by atoms with van der Waals surface area (Å²) in [7, 11) is 0. The molecule has 0 spiro atoms. The maximum atomic E-state index is 13.6. The van der Waals surface area contributed by atoms with Gasteiger partial charge in [-0.15, -0.1) is 0 Å². The Bertz CT molecular complexity index is 1030. The first-order valence-corrected chi connectivity index (χ1v) is 7.90. The number of aryl methyl sites for hydroxylation is 2. The summed E-state index contributed by atoms with van der Waals surface area (Å²) < 4.78 is 31.6. The van der Waals surface area contributed by atoms with Crippen molar-refractivity contribution in [3.63, 3.8) is 0 Å². The number of nitrogens with zero attached hydrogens (tertiary/aromatic N) is 1. The molecule has 26 heavy (non-hydrogen) atoms. The van der Waals surface area contributed by atoms with Crippen molar-refractivity contribution < 1.29 is 23.1 Å². The zero-order chi connectivity index (χ0) is 18.8. The molecule has 0 amide bonds. The lowest BCUT2D eigenvalue weighted by Crippen LogP contribution is -2.17. The standard InChI is InChI=1S/C20H15F2NO3/c1-11-14-5-3-4-6-17(14)23-12(2)19(11)20(25)26-10-18(24)15-8-7-13(21)9-16(15)22/h3-9H,10H2,1-2H3. The van der Waals surface area contributed by atoms with Crippen LogP contribution in [0.4, 0.5) is 8.78 Å². The number of ether oxygens (including phenoxy) is 1. The van der Waals surface area contributed by atoms with E-state index < -0.39 is 30.0 Å². The lowest BCUT2D eigenvalue weighted by atomic mass is 10.0. The number of aromatic nitrogens is 1. The van der Waals surface area contributed by atoms with Crippen LogP contribution in [0.1, 0.15) is 32.0 Å². The zero-order valence-electron chi connectivity index (χ0n) is 14.2. The van der Waals surface area contributed by atoms with Crippen LogP contribution in [0.2, 0.25) is 0 Å². The number of Topliss-reactive ketones (excluding diaryl/α,β-unsaturated/α-hetero) is 1. The molecule has 0 saturated heterocycles. The normalized spacial score (nSPS) is 10.8. The second-order valence-electron chi connectivity index (χ2n) is 5.84. The van der Waals surface area contributed by atoms with Crippen molar-refractivity contribution in [2.75, 3.05) is 6.61 Å². The third kappa shape index (κ3) is 3.31. The molecule has 3 aromatic rings. The molecule has 0 unspecified atom stereocenters. The van der Waals surface area contributed by atoms with Crippen LogP contribution in [0.25, 0.3) is 10.9 Å². The van der Waals surface area contributed by atoms with Crippen molar-refractivity contribution in [1.29, 1.82) is 0 Å². The number of ketones is 1. The van der Waals surface area contributed by atoms with Crippen LogP contribution in [0.5, 0.6) is 0 Å². The van der Waals surface area contributed by atoms with Crippen LogP contribution in [-0.2, 0) is 4.74 Å². The molecule has 3 rings (SSSR count). The lowest BCUT2D eigenvalue weighted by Gasteiger charge is -2.12. The van der Waals surface area contributed by atoms with Crippen LogP contribution in [0.3, 0.4) is 0 Å². The Balaban J connectivity index is 1.82. The minimum absolute atomic E-state index is 0.274. The average molecular weight is 355 g/mol. The number of hydrogen-bond donors (Lipinski definition) is 0. The van der Waals surface area contributed by atoms with Gasteiger partial charge in [-0.25, -0.2) is 13.6 Å². The Kier molecular flexibility index (Phi) is 4.75. The van der Waals surface area contributed by atoms with E-state index in [1.165, 1.54) is 0 Å². The largest absolute Gasteiger partial charge is 0.454 e. The molecule has 0 atom stereocenters. The van der Waals surface area contributed by atoms with Gasteiger partial charge in [0.05, 0.1) is 22.3 Å². The number of carbonyl (C=O) groups is 2. The molecule has 0 aliphatic heterocycles. The third-order valence-corrected chi connectivity index (χ3v) is 4.10. The van der Waals surface area contributed by atoms with Crippen LogP contribution >= 0.6 is 0 Å². The molecular formula is C20H15F2NO3. The van der Waals surface area contributed by atoms with E-state index in [0.717, 1.165) is 23.0 Å². The molecule has 2 aromatic carbocycles. The second-order valence-corrected chi connectivity index (χ2v) is 5.84. The summed E-state index contributed by atoms with van der Waals surface area (Å²) in [5.41, 5.74) is 1.87. The average Bonchev–Trinajstić information content (AvgIpc) is 2.59. The fraction of sp³-hybridized carbons (Fsp3) is 0.150. The van der Waals surface area contributed by atoms with Gasteiger partial charge in [-0.05, 0) is 37.6 Å². The van der Waals surface area contributed by atoms with E-state index in [9.17, 15) is 18.4 Å². The molecule has 4 nitrogen and oxygen atoms in total. The van der Waals surface area contributed by atoms with Gasteiger partial charge in [-0.1, -0.05) is 18.2 Å². The Labute approximate surface area is 148 Å². The second kappa shape index (κ2) is 7.00. The van der Waals surface area contributed by atoms with E-state index in [1.807, 2.05) is 24.3 Å². The van der Waals surface area contributed by atoms with Gasteiger partial charge in [-0.3, -0.25) is 9.78 Å². The molecule has 0 N–H and O–H groups in total. The fourth-order valence-electron chi connectivity index (χ4n) is 2.83. The minimum Gasteiger partial charge on any atom is -0.454 e. The summed E-state index contributed by atoms with van der Waals surface area (Å²) in [6.45, 7) is 2.81. The van der Waals surface area contributed by atoms with Gasteiger partial charge in [0.2, 0.25) is 5.78 Å². The van der Waals surface area contributed by atoms with Crippen LogP contribution in [0.15, 0.2) is 42.5 Å². The number of pyridine rings is 1. The number of carbonyl (C=O) groups excluding carboxylic acids is 2. The summed E-state index contributed by atoms with van der Waals surface area (Å²) in [5, 5.41) is 0.806. The number of hydrogen-bond acceptors (Lipinski definition) is 4. The molecule has 1 heterocycles. The van der Waals surface area contributed by atoms with Crippen LogP contribution in [-0.4, -0.2) is 23.3 Å². The van der Waals surface area contributed by atoms with Crippen molar-refractivity contribution in [1.82, 2.24) is 4.98 Å². The van der Waals surface area contributed by atoms with Gasteiger partial charge >= 0.3 is 5.97 Å². The van der Waals surface area contributed by atoms with Crippen molar-refractivity contribution in [3.05, 3.63) is 76.5 Å². The predicted octanol–water partition coefficient (Wildman–Crippen LogP) is 4.17. The minimum atomic E-state index is -0.995. The fourth-order valence-corrected chi connectivity index (χ4v) is 2.83. The van der Waals surface area contributed by atoms with E-state index in [1.54, 1.807) is 13.8 Å². The number of halogens is 2. The molecule has 6 heteroatoms. The van der Waals surface area contributed by atoms with Crippen LogP contribution in [0, 0.1) is 25.5 Å². The van der Waals surface area contributed by atoms with Gasteiger partial charge < -0.3 is 4.74 Å². The summed E-state index contributed by atoms with van der Waals surface area (Å²) in [6, 6.07) is 9.97. The number of para-hydroxylation sites is 1. The highest BCUT2D eigenvalue weighted by Crippen LogP contribution is 2.23. The quantitative estimate of drug-likeness (QED) is 0.521. The molecule has 0 saturated carbocycles. The maximum absolute atomic E-state index is 13.6. The topological polar surface area (TPSA) is 56.3 Å². The Hall–Kier alpha value is -3.15. The molecule has 0 radical (unpaired) electrons. The summed E-state index contributed by atoms with van der Waals surface area (Å²) in [4.78, 5) is 28.9. The number of benzene rings is 2. The summed E-state index contributed by atoms with van der Waals surface area (Å²) in [6.07, 6.45) is 0. The molecule has 0 fully saturated rings. The Morgan fingerprint density at radius 1 is 1.08 bits per heavy atom. The molecule has 0 aliphatic rings. The van der Waals surface area contributed by atoms with Gasteiger partial charge in [0.1, 0.15) is 11.6 Å². The van der Waals surface area contributed by atoms with E-state index >= 15 is 0 Å². The molecule has 1 aromatic heterocycles. The number of rotatable bonds is 4. The first-order valence-electron chi connectivity index (χ1n) is 7.90. The first kappa shape index (κ1) is 17.7. The van der Waals surface area contributed by atoms with E-state index in [4.69, 9.17) is 4.74 Å². The van der Waals surface area contributed by atoms with E-state index in [0.29, 0.717) is 17.3 Å². The predicted molar refractivity (Wildman–Crippen MR) is 92.2 cm³/mol. The SMILES string of the molecule is Cc1nc2ccccc2c(C)c1C(=O)OCC(=O)c1ccc(F)cc1F. The Morgan fingerprint density at radius 3 is 2.54 bits per heavy atom. The highest BCUT2D eigenvalue weighted by atomic mass is 19.1. The van der Waals surface area contributed by atoms with Crippen molar-refractivity contribution >= 4 is 22.7 Å². The number of fused-ring (bicyclic) bond motifs is 1. The third-order valence-electron chi connectivity index (χ3n) is 4.10. The molecule has 0 aliphatic carbocycles. The highest BCUT2D eigenvalue weighted by Gasteiger charge is 2.20. The molecule has 0 bridgehead atoms. The van der Waals surface area contributed by atoms with E-state index in [2.05, 4.69) is 4.98 Å². The van der Waals surface area contributed by atoms with Crippen molar-refractivity contribution in [3.8, 4) is 0 Å². The molecule has 132 valence electrons. The van der Waals surface area contributed by atoms with Gasteiger partial charge in [-0.2, -0.15) is 0 Å².